The number of nitrogens with one attached hydrogen (secondary N) is 1. The quantitative estimate of drug-likeness (QED) is 0.703. The van der Waals surface area contributed by atoms with Crippen molar-refractivity contribution < 1.29 is 0 Å². The van der Waals surface area contributed by atoms with Gasteiger partial charge < -0.3 is 0 Å². The Hall–Kier alpha value is -0.830. The van der Waals surface area contributed by atoms with Crippen molar-refractivity contribution in [2.45, 2.75) is 31.6 Å². The van der Waals surface area contributed by atoms with Crippen LogP contribution in [-0.2, 0) is 0 Å². The Bertz CT molecular complexity index is 355. The maximum absolute atomic E-state index is 11.4. The van der Waals surface area contributed by atoms with E-state index in [-0.39, 0.29) is 10.8 Å². The van der Waals surface area contributed by atoms with Gasteiger partial charge in [0.25, 0.3) is 5.56 Å². The van der Waals surface area contributed by atoms with Crippen molar-refractivity contribution in [3.63, 3.8) is 0 Å². The van der Waals surface area contributed by atoms with E-state index < -0.39 is 0 Å². The van der Waals surface area contributed by atoms with Gasteiger partial charge in [-0.2, -0.15) is 0 Å². The van der Waals surface area contributed by atoms with Gasteiger partial charge in [0.05, 0.1) is 0 Å². The van der Waals surface area contributed by atoms with Crippen LogP contribution in [0.3, 0.4) is 0 Å². The molecule has 0 radical (unpaired) electrons. The molecule has 1 heterocycles. The molecule has 0 atom stereocenters. The largest absolute Gasteiger partial charge is 0.297 e. The van der Waals surface area contributed by atoms with E-state index in [4.69, 9.17) is 11.6 Å². The lowest BCUT2D eigenvalue weighted by atomic mass is 10.0. The van der Waals surface area contributed by atoms with Crippen molar-refractivity contribution in [3.8, 4) is 0 Å². The number of halogens is 1. The van der Waals surface area contributed by atoms with Gasteiger partial charge in [0.1, 0.15) is 0 Å². The van der Waals surface area contributed by atoms with Crippen LogP contribution in [0.25, 0.3) is 0 Å². The molecule has 4 heteroatoms. The summed E-state index contributed by atoms with van der Waals surface area (Å²) in [5, 5.41) is 0.173. The Kier molecular flexibility index (Phi) is 2.36. The fraction of sp³-hybridized carbons (Fsp3) is 0.556. The van der Waals surface area contributed by atoms with Crippen LogP contribution >= 0.6 is 11.6 Å². The van der Waals surface area contributed by atoms with Crippen molar-refractivity contribution in [2.75, 3.05) is 0 Å². The third kappa shape index (κ3) is 1.75. The Morgan fingerprint density at radius 3 is 2.77 bits per heavy atom. The number of hydrogen-bond donors (Lipinski definition) is 1. The highest BCUT2D eigenvalue weighted by atomic mass is 35.5. The lowest BCUT2D eigenvalue weighted by Crippen LogP contribution is -2.15. The molecule has 1 N–H and O–H groups in total. The molecule has 1 fully saturated rings. The van der Waals surface area contributed by atoms with Crippen molar-refractivity contribution in [2.24, 2.45) is 0 Å². The summed E-state index contributed by atoms with van der Waals surface area (Å²) in [5.74, 6) is 0.397. The Labute approximate surface area is 81.2 Å². The third-order valence-corrected chi connectivity index (χ3v) is 2.78. The number of H-pyrrole nitrogens is 1. The van der Waals surface area contributed by atoms with Crippen LogP contribution in [0.15, 0.2) is 11.0 Å². The van der Waals surface area contributed by atoms with Gasteiger partial charge in [0.2, 0.25) is 5.28 Å². The molecule has 1 aliphatic rings. The molecule has 3 nitrogen and oxygen atoms in total. The summed E-state index contributed by atoms with van der Waals surface area (Å²) in [7, 11) is 0. The average molecular weight is 199 g/mol. The van der Waals surface area contributed by atoms with Crippen LogP contribution in [0.5, 0.6) is 0 Å². The summed E-state index contributed by atoms with van der Waals surface area (Å²) >= 11 is 5.56. The number of aromatic nitrogens is 2. The number of rotatable bonds is 1. The zero-order valence-corrected chi connectivity index (χ0v) is 7.97. The molecule has 2 rings (SSSR count). The topological polar surface area (TPSA) is 45.8 Å². The molecule has 1 aromatic rings. The molecule has 0 aromatic carbocycles. The van der Waals surface area contributed by atoms with E-state index in [1.54, 1.807) is 6.20 Å². The van der Waals surface area contributed by atoms with E-state index in [0.29, 0.717) is 5.92 Å². The van der Waals surface area contributed by atoms with E-state index >= 15 is 0 Å². The fourth-order valence-corrected chi connectivity index (χ4v) is 2.05. The molecular formula is C9H11ClN2O. The SMILES string of the molecule is O=c1[nH]c(Cl)ncc1C1CCCC1. The van der Waals surface area contributed by atoms with Crippen LogP contribution in [0.2, 0.25) is 5.28 Å². The highest BCUT2D eigenvalue weighted by molar-refractivity contribution is 6.28. The highest BCUT2D eigenvalue weighted by Crippen LogP contribution is 2.31. The minimum absolute atomic E-state index is 0.0769. The zero-order chi connectivity index (χ0) is 9.26. The third-order valence-electron chi connectivity index (χ3n) is 2.59. The maximum Gasteiger partial charge on any atom is 0.255 e. The van der Waals surface area contributed by atoms with Gasteiger partial charge in [0, 0.05) is 11.8 Å². The Balaban J connectivity index is 2.34. The first-order chi connectivity index (χ1) is 6.27. The van der Waals surface area contributed by atoms with Gasteiger partial charge in [0.15, 0.2) is 0 Å². The molecular weight excluding hydrogens is 188 g/mol. The minimum Gasteiger partial charge on any atom is -0.297 e. The van der Waals surface area contributed by atoms with Gasteiger partial charge in [-0.25, -0.2) is 4.98 Å². The fourth-order valence-electron chi connectivity index (χ4n) is 1.91. The van der Waals surface area contributed by atoms with Gasteiger partial charge in [-0.3, -0.25) is 9.78 Å². The van der Waals surface area contributed by atoms with Crippen molar-refractivity contribution in [1.82, 2.24) is 9.97 Å². The van der Waals surface area contributed by atoms with Crippen LogP contribution in [0.1, 0.15) is 37.2 Å². The van der Waals surface area contributed by atoms with Crippen molar-refractivity contribution in [3.05, 3.63) is 27.4 Å². The molecule has 70 valence electrons. The predicted molar refractivity (Wildman–Crippen MR) is 51.1 cm³/mol. The summed E-state index contributed by atoms with van der Waals surface area (Å²) in [5.41, 5.74) is 0.716. The predicted octanol–water partition coefficient (Wildman–Crippen LogP) is 2.08. The van der Waals surface area contributed by atoms with Crippen LogP contribution in [0.4, 0.5) is 0 Å². The smallest absolute Gasteiger partial charge is 0.255 e. The molecule has 0 aliphatic heterocycles. The molecule has 0 amide bonds. The van der Waals surface area contributed by atoms with E-state index in [2.05, 4.69) is 9.97 Å². The summed E-state index contributed by atoms with van der Waals surface area (Å²) in [4.78, 5) is 17.9. The first-order valence-corrected chi connectivity index (χ1v) is 4.90. The van der Waals surface area contributed by atoms with E-state index in [0.717, 1.165) is 18.4 Å². The minimum atomic E-state index is -0.0769. The summed E-state index contributed by atoms with van der Waals surface area (Å²) in [6.07, 6.45) is 6.25. The van der Waals surface area contributed by atoms with Crippen LogP contribution in [0, 0.1) is 0 Å². The van der Waals surface area contributed by atoms with Gasteiger partial charge in [-0.1, -0.05) is 12.8 Å². The lowest BCUT2D eigenvalue weighted by Gasteiger charge is -2.06. The molecule has 1 saturated carbocycles. The highest BCUT2D eigenvalue weighted by Gasteiger charge is 2.19. The maximum atomic E-state index is 11.4. The van der Waals surface area contributed by atoms with Gasteiger partial charge in [-0.15, -0.1) is 0 Å². The van der Waals surface area contributed by atoms with Gasteiger partial charge >= 0.3 is 0 Å². The Morgan fingerprint density at radius 1 is 1.46 bits per heavy atom. The second kappa shape index (κ2) is 3.50. The normalized spacial score (nSPS) is 17.9. The lowest BCUT2D eigenvalue weighted by molar-refractivity contribution is 0.705. The summed E-state index contributed by atoms with van der Waals surface area (Å²) in [6, 6.07) is 0. The number of hydrogen-bond acceptors (Lipinski definition) is 2. The molecule has 0 unspecified atom stereocenters. The molecule has 13 heavy (non-hydrogen) atoms. The van der Waals surface area contributed by atoms with Crippen molar-refractivity contribution >= 4 is 11.6 Å². The van der Waals surface area contributed by atoms with E-state index in [9.17, 15) is 4.79 Å². The second-order valence-electron chi connectivity index (χ2n) is 3.44. The molecule has 1 aromatic heterocycles. The average Bonchev–Trinajstić information content (AvgIpc) is 2.56. The molecule has 0 spiro atoms. The van der Waals surface area contributed by atoms with E-state index in [1.807, 2.05) is 0 Å². The first-order valence-electron chi connectivity index (χ1n) is 4.52. The second-order valence-corrected chi connectivity index (χ2v) is 3.80. The first kappa shape index (κ1) is 8.75. The molecule has 0 saturated heterocycles. The Morgan fingerprint density at radius 2 is 2.15 bits per heavy atom. The number of aromatic amines is 1. The summed E-state index contributed by atoms with van der Waals surface area (Å²) < 4.78 is 0. The number of nitrogens with zero attached hydrogens (tertiary/aromatic N) is 1. The summed E-state index contributed by atoms with van der Waals surface area (Å²) in [6.45, 7) is 0. The van der Waals surface area contributed by atoms with E-state index in [1.165, 1.54) is 12.8 Å². The van der Waals surface area contributed by atoms with Crippen molar-refractivity contribution in [1.29, 1.82) is 0 Å². The van der Waals surface area contributed by atoms with Gasteiger partial charge in [-0.05, 0) is 30.4 Å². The molecule has 1 aliphatic carbocycles. The standard InChI is InChI=1S/C9H11ClN2O/c10-9-11-5-7(8(13)12-9)6-3-1-2-4-6/h5-6H,1-4H2,(H,11,12,13). The molecule has 0 bridgehead atoms. The monoisotopic (exact) mass is 198 g/mol. The van der Waals surface area contributed by atoms with Crippen LogP contribution < -0.4 is 5.56 Å². The zero-order valence-electron chi connectivity index (χ0n) is 7.22. The van der Waals surface area contributed by atoms with Crippen LogP contribution in [-0.4, -0.2) is 9.97 Å².